The van der Waals surface area contributed by atoms with Crippen LogP contribution in [0.4, 0.5) is 5.69 Å². The van der Waals surface area contributed by atoms with Gasteiger partial charge in [0.05, 0.1) is 0 Å². The summed E-state index contributed by atoms with van der Waals surface area (Å²) in [5.74, 6) is 0.0206. The number of benzene rings is 1. The Morgan fingerprint density at radius 3 is 2.80 bits per heavy atom. The second kappa shape index (κ2) is 5.61. The summed E-state index contributed by atoms with van der Waals surface area (Å²) in [6.07, 6.45) is 1.99. The van der Waals surface area contributed by atoms with Gasteiger partial charge in [-0.15, -0.1) is 11.8 Å². The number of carbonyl (C=O) groups is 1. The molecule has 0 radical (unpaired) electrons. The molecule has 0 bridgehead atoms. The molecule has 3 N–H and O–H groups in total. The molecule has 1 aromatic carbocycles. The number of piperazine rings is 1. The average molecular weight is 309 g/mol. The summed E-state index contributed by atoms with van der Waals surface area (Å²) in [4.78, 5) is 15.6. The van der Waals surface area contributed by atoms with Crippen molar-refractivity contribution in [2.45, 2.75) is 24.3 Å². The molecular weight excluding hydrogens is 290 g/mol. The van der Waals surface area contributed by atoms with Crippen molar-refractivity contribution in [2.75, 3.05) is 24.2 Å². The average Bonchev–Trinajstić information content (AvgIpc) is 2.40. The molecule has 2 rings (SSSR count). The van der Waals surface area contributed by atoms with Crippen molar-refractivity contribution in [3.63, 3.8) is 0 Å². The van der Waals surface area contributed by atoms with Crippen LogP contribution in [-0.2, 0) is 4.79 Å². The molecular formula is C14H19N3OS2. The third kappa shape index (κ3) is 2.50. The van der Waals surface area contributed by atoms with Gasteiger partial charge in [0.1, 0.15) is 10.5 Å². The first-order valence-electron chi connectivity index (χ1n) is 6.42. The number of amides is 1. The number of anilines is 1. The van der Waals surface area contributed by atoms with E-state index in [0.29, 0.717) is 11.5 Å². The van der Waals surface area contributed by atoms with Crippen molar-refractivity contribution < 1.29 is 4.79 Å². The number of nitrogens with zero attached hydrogens (tertiary/aromatic N) is 1. The Labute approximate surface area is 129 Å². The largest absolute Gasteiger partial charge is 0.389 e. The van der Waals surface area contributed by atoms with Gasteiger partial charge in [-0.25, -0.2) is 0 Å². The lowest BCUT2D eigenvalue weighted by Gasteiger charge is -2.43. The van der Waals surface area contributed by atoms with E-state index in [9.17, 15) is 4.79 Å². The molecule has 108 valence electrons. The highest BCUT2D eigenvalue weighted by Gasteiger charge is 2.38. The maximum Gasteiger partial charge on any atom is 0.245 e. The van der Waals surface area contributed by atoms with E-state index in [4.69, 9.17) is 18.0 Å². The van der Waals surface area contributed by atoms with Gasteiger partial charge in [0.15, 0.2) is 0 Å². The summed E-state index contributed by atoms with van der Waals surface area (Å²) in [6, 6.07) is 5.96. The lowest BCUT2D eigenvalue weighted by atomic mass is 9.96. The Morgan fingerprint density at radius 2 is 2.20 bits per heavy atom. The molecule has 0 aromatic heterocycles. The lowest BCUT2D eigenvalue weighted by molar-refractivity contribution is -0.126. The van der Waals surface area contributed by atoms with Crippen LogP contribution in [0.1, 0.15) is 19.4 Å². The number of nitrogens with two attached hydrogens (primary N) is 1. The van der Waals surface area contributed by atoms with Crippen LogP contribution in [0.15, 0.2) is 23.1 Å². The van der Waals surface area contributed by atoms with Gasteiger partial charge in [-0.1, -0.05) is 18.3 Å². The SMILES string of the molecule is CSc1cccc(N2CCNC(=O)C2(C)C)c1C(N)=S. The molecule has 1 saturated heterocycles. The molecule has 1 aromatic rings. The van der Waals surface area contributed by atoms with E-state index < -0.39 is 5.54 Å². The normalized spacial score (nSPS) is 17.8. The Bertz CT molecular complexity index is 557. The minimum absolute atomic E-state index is 0.0206. The molecule has 0 spiro atoms. The highest BCUT2D eigenvalue weighted by Crippen LogP contribution is 2.34. The highest BCUT2D eigenvalue weighted by atomic mass is 32.2. The molecule has 0 saturated carbocycles. The van der Waals surface area contributed by atoms with Crippen molar-refractivity contribution in [2.24, 2.45) is 5.73 Å². The molecule has 4 nitrogen and oxygen atoms in total. The quantitative estimate of drug-likeness (QED) is 0.658. The van der Waals surface area contributed by atoms with Crippen LogP contribution < -0.4 is 16.0 Å². The van der Waals surface area contributed by atoms with E-state index in [1.54, 1.807) is 11.8 Å². The summed E-state index contributed by atoms with van der Waals surface area (Å²) in [6.45, 7) is 5.20. The third-order valence-electron chi connectivity index (χ3n) is 3.61. The van der Waals surface area contributed by atoms with Crippen LogP contribution in [-0.4, -0.2) is 35.8 Å². The summed E-state index contributed by atoms with van der Waals surface area (Å²) >= 11 is 6.82. The number of thiocarbonyl (C=S) groups is 1. The van der Waals surface area contributed by atoms with Gasteiger partial charge >= 0.3 is 0 Å². The van der Waals surface area contributed by atoms with Gasteiger partial charge < -0.3 is 16.0 Å². The number of nitrogens with one attached hydrogen (secondary N) is 1. The number of thioether (sulfide) groups is 1. The van der Waals surface area contributed by atoms with Gasteiger partial charge in [-0.05, 0) is 32.2 Å². The Kier molecular flexibility index (Phi) is 4.25. The number of hydrogen-bond acceptors (Lipinski definition) is 4. The van der Waals surface area contributed by atoms with Crippen molar-refractivity contribution in [3.8, 4) is 0 Å². The fourth-order valence-electron chi connectivity index (χ4n) is 2.48. The summed E-state index contributed by atoms with van der Waals surface area (Å²) in [5.41, 5.74) is 7.09. The van der Waals surface area contributed by atoms with E-state index >= 15 is 0 Å². The predicted octanol–water partition coefficient (Wildman–Crippen LogP) is 1.76. The van der Waals surface area contributed by atoms with Crippen LogP contribution in [0.3, 0.4) is 0 Å². The molecule has 6 heteroatoms. The maximum absolute atomic E-state index is 12.1. The second-order valence-electron chi connectivity index (χ2n) is 5.19. The Balaban J connectivity index is 2.57. The van der Waals surface area contributed by atoms with Gasteiger partial charge in [0.25, 0.3) is 0 Å². The topological polar surface area (TPSA) is 58.4 Å². The molecule has 0 unspecified atom stereocenters. The monoisotopic (exact) mass is 309 g/mol. The third-order valence-corrected chi connectivity index (χ3v) is 4.60. The summed E-state index contributed by atoms with van der Waals surface area (Å²) in [7, 11) is 0. The fourth-order valence-corrected chi connectivity index (χ4v) is 3.40. The van der Waals surface area contributed by atoms with E-state index in [0.717, 1.165) is 22.7 Å². The van der Waals surface area contributed by atoms with Gasteiger partial charge in [0.2, 0.25) is 5.91 Å². The molecule has 20 heavy (non-hydrogen) atoms. The van der Waals surface area contributed by atoms with E-state index in [2.05, 4.69) is 10.2 Å². The van der Waals surface area contributed by atoms with Gasteiger partial charge in [-0.3, -0.25) is 4.79 Å². The molecule has 1 heterocycles. The molecule has 1 fully saturated rings. The minimum atomic E-state index is -0.616. The van der Waals surface area contributed by atoms with Gasteiger partial charge in [0, 0.05) is 29.2 Å². The number of hydrogen-bond donors (Lipinski definition) is 2. The molecule has 1 aliphatic rings. The summed E-state index contributed by atoms with van der Waals surface area (Å²) < 4.78 is 0. The zero-order valence-corrected chi connectivity index (χ0v) is 13.5. The van der Waals surface area contributed by atoms with Crippen LogP contribution in [0.25, 0.3) is 0 Å². The highest BCUT2D eigenvalue weighted by molar-refractivity contribution is 7.98. The maximum atomic E-state index is 12.1. The molecule has 0 atom stereocenters. The first kappa shape index (κ1) is 15.1. The van der Waals surface area contributed by atoms with Crippen molar-refractivity contribution in [3.05, 3.63) is 23.8 Å². The van der Waals surface area contributed by atoms with E-state index in [-0.39, 0.29) is 5.91 Å². The zero-order valence-electron chi connectivity index (χ0n) is 11.9. The van der Waals surface area contributed by atoms with Crippen LogP contribution >= 0.6 is 24.0 Å². The predicted molar refractivity (Wildman–Crippen MR) is 88.5 cm³/mol. The van der Waals surface area contributed by atoms with Crippen molar-refractivity contribution in [1.29, 1.82) is 0 Å². The number of carbonyl (C=O) groups excluding carboxylic acids is 1. The second-order valence-corrected chi connectivity index (χ2v) is 6.47. The molecule has 0 aliphatic carbocycles. The van der Waals surface area contributed by atoms with Crippen LogP contribution in [0, 0.1) is 0 Å². The first-order chi connectivity index (χ1) is 9.39. The standard InChI is InChI=1S/C14H19N3OS2/c1-14(2)13(18)16-7-8-17(14)9-5-4-6-10(20-3)11(9)12(15)19/h4-6H,7-8H2,1-3H3,(H2,15,19)(H,16,18). The Hall–Kier alpha value is -1.27. The Morgan fingerprint density at radius 1 is 1.50 bits per heavy atom. The summed E-state index contributed by atoms with van der Waals surface area (Å²) in [5, 5.41) is 2.90. The van der Waals surface area contributed by atoms with Crippen molar-refractivity contribution >= 4 is 40.6 Å². The zero-order chi connectivity index (χ0) is 14.9. The van der Waals surface area contributed by atoms with Crippen LogP contribution in [0.2, 0.25) is 0 Å². The molecule has 1 aliphatic heterocycles. The van der Waals surface area contributed by atoms with Crippen molar-refractivity contribution in [1.82, 2.24) is 5.32 Å². The van der Waals surface area contributed by atoms with E-state index in [1.807, 2.05) is 38.3 Å². The minimum Gasteiger partial charge on any atom is -0.389 e. The number of rotatable bonds is 3. The molecule has 1 amide bonds. The smallest absolute Gasteiger partial charge is 0.245 e. The lowest BCUT2D eigenvalue weighted by Crippen LogP contribution is -2.62. The fraction of sp³-hybridized carbons (Fsp3) is 0.429. The van der Waals surface area contributed by atoms with Gasteiger partial charge in [-0.2, -0.15) is 0 Å². The first-order valence-corrected chi connectivity index (χ1v) is 8.05. The van der Waals surface area contributed by atoms with Crippen LogP contribution in [0.5, 0.6) is 0 Å². The van der Waals surface area contributed by atoms with E-state index in [1.165, 1.54) is 0 Å².